The van der Waals surface area contributed by atoms with Crippen LogP contribution in [0.25, 0.3) is 0 Å². The lowest BCUT2D eigenvalue weighted by Gasteiger charge is -2.56. The van der Waals surface area contributed by atoms with Gasteiger partial charge in [0.05, 0.1) is 6.10 Å². The van der Waals surface area contributed by atoms with Crippen LogP contribution >= 0.6 is 0 Å². The minimum Gasteiger partial charge on any atom is -0.392 e. The van der Waals surface area contributed by atoms with Crippen LogP contribution in [0.5, 0.6) is 0 Å². The van der Waals surface area contributed by atoms with Gasteiger partial charge in [0.25, 0.3) is 0 Å². The fraction of sp³-hybridized carbons (Fsp3) is 0.762. The Labute approximate surface area is 144 Å². The number of terminal acetylenes is 1. The van der Waals surface area contributed by atoms with E-state index in [-0.39, 0.29) is 23.5 Å². The molecule has 130 valence electrons. The summed E-state index contributed by atoms with van der Waals surface area (Å²) in [5.74, 6) is 4.39. The van der Waals surface area contributed by atoms with E-state index in [0.29, 0.717) is 24.2 Å². The standard InChI is InChI=1S/C21H28O3/c1-3-20-9-7-16-15(17(20)8-10-21(20,24)4-2)6-5-13-11-14(22)12-18(23)19(13)16/h2,11,15-19,23-24H,3,5-10,12H2,1H3/t15-,16+,17+,18+,19+,20+,21+/m1/s1. The number of carbonyl (C=O) groups excluding carboxylic acids is 1. The fourth-order valence-electron chi connectivity index (χ4n) is 7.03. The van der Waals surface area contributed by atoms with E-state index < -0.39 is 11.7 Å². The van der Waals surface area contributed by atoms with Crippen molar-refractivity contribution in [3.05, 3.63) is 11.6 Å². The van der Waals surface area contributed by atoms with Crippen LogP contribution in [0.2, 0.25) is 0 Å². The molecule has 0 heterocycles. The maximum absolute atomic E-state index is 11.8. The van der Waals surface area contributed by atoms with Crippen molar-refractivity contribution in [2.75, 3.05) is 0 Å². The van der Waals surface area contributed by atoms with E-state index >= 15 is 0 Å². The summed E-state index contributed by atoms with van der Waals surface area (Å²) in [6, 6.07) is 0. The first-order valence-corrected chi connectivity index (χ1v) is 9.57. The van der Waals surface area contributed by atoms with Gasteiger partial charge in [0.1, 0.15) is 5.60 Å². The Bertz CT molecular complexity index is 629. The molecule has 0 saturated heterocycles. The normalized spacial score (nSPS) is 50.3. The molecule has 0 aliphatic heterocycles. The Hall–Kier alpha value is -1.11. The Kier molecular flexibility index (Phi) is 3.71. The lowest BCUT2D eigenvalue weighted by atomic mass is 9.49. The quantitative estimate of drug-likeness (QED) is 0.728. The highest BCUT2D eigenvalue weighted by Crippen LogP contribution is 2.66. The lowest BCUT2D eigenvalue weighted by molar-refractivity contribution is -0.123. The molecular formula is C21H28O3. The van der Waals surface area contributed by atoms with Crippen molar-refractivity contribution >= 4 is 5.78 Å². The molecule has 3 fully saturated rings. The van der Waals surface area contributed by atoms with Crippen LogP contribution in [-0.4, -0.2) is 27.7 Å². The largest absolute Gasteiger partial charge is 0.392 e. The van der Waals surface area contributed by atoms with Gasteiger partial charge < -0.3 is 10.2 Å². The van der Waals surface area contributed by atoms with Crippen LogP contribution in [-0.2, 0) is 4.79 Å². The molecule has 0 aromatic rings. The minimum absolute atomic E-state index is 0.0773. The molecule has 3 nitrogen and oxygen atoms in total. The highest BCUT2D eigenvalue weighted by Gasteiger charge is 2.63. The molecule has 0 bridgehead atoms. The third-order valence-electron chi connectivity index (χ3n) is 8.04. The highest BCUT2D eigenvalue weighted by molar-refractivity contribution is 5.92. The molecule has 4 rings (SSSR count). The first-order chi connectivity index (χ1) is 11.5. The second-order valence-electron chi connectivity index (χ2n) is 8.55. The number of fused-ring (bicyclic) bond motifs is 5. The second kappa shape index (κ2) is 5.44. The van der Waals surface area contributed by atoms with Crippen molar-refractivity contribution < 1.29 is 15.0 Å². The van der Waals surface area contributed by atoms with Crippen LogP contribution in [0.4, 0.5) is 0 Å². The average molecular weight is 328 g/mol. The monoisotopic (exact) mass is 328 g/mol. The van der Waals surface area contributed by atoms with Crippen LogP contribution in [0.3, 0.4) is 0 Å². The molecule has 0 unspecified atom stereocenters. The number of carbonyl (C=O) groups is 1. The van der Waals surface area contributed by atoms with Gasteiger partial charge in [-0.25, -0.2) is 0 Å². The zero-order valence-corrected chi connectivity index (χ0v) is 14.5. The van der Waals surface area contributed by atoms with E-state index in [1.54, 1.807) is 0 Å². The predicted molar refractivity (Wildman–Crippen MR) is 91.9 cm³/mol. The number of hydrogen-bond acceptors (Lipinski definition) is 3. The van der Waals surface area contributed by atoms with Crippen molar-refractivity contribution in [3.63, 3.8) is 0 Å². The van der Waals surface area contributed by atoms with Gasteiger partial charge >= 0.3 is 0 Å². The summed E-state index contributed by atoms with van der Waals surface area (Å²) in [7, 11) is 0. The van der Waals surface area contributed by atoms with Crippen LogP contribution in [0, 0.1) is 41.4 Å². The summed E-state index contributed by atoms with van der Waals surface area (Å²) in [4.78, 5) is 11.8. The van der Waals surface area contributed by atoms with E-state index in [1.165, 1.54) is 5.57 Å². The molecule has 24 heavy (non-hydrogen) atoms. The van der Waals surface area contributed by atoms with E-state index in [2.05, 4.69) is 12.8 Å². The predicted octanol–water partition coefficient (Wildman–Crippen LogP) is 2.85. The summed E-state index contributed by atoms with van der Waals surface area (Å²) in [6.07, 6.45) is 13.9. The smallest absolute Gasteiger partial charge is 0.158 e. The topological polar surface area (TPSA) is 57.5 Å². The lowest BCUT2D eigenvalue weighted by Crippen LogP contribution is -2.54. The molecule has 0 amide bonds. The van der Waals surface area contributed by atoms with Crippen LogP contribution < -0.4 is 0 Å². The van der Waals surface area contributed by atoms with Crippen molar-refractivity contribution in [1.29, 1.82) is 0 Å². The molecule has 0 aromatic heterocycles. The van der Waals surface area contributed by atoms with Gasteiger partial charge in [-0.15, -0.1) is 6.42 Å². The maximum atomic E-state index is 11.8. The van der Waals surface area contributed by atoms with Crippen molar-refractivity contribution in [2.24, 2.45) is 29.1 Å². The fourth-order valence-corrected chi connectivity index (χ4v) is 7.03. The van der Waals surface area contributed by atoms with Gasteiger partial charge in [-0.05, 0) is 68.8 Å². The molecule has 0 spiro atoms. The molecule has 4 aliphatic rings. The van der Waals surface area contributed by atoms with E-state index in [1.807, 2.05) is 6.08 Å². The number of ketones is 1. The first kappa shape index (κ1) is 16.4. The van der Waals surface area contributed by atoms with Crippen LogP contribution in [0.1, 0.15) is 58.3 Å². The highest BCUT2D eigenvalue weighted by atomic mass is 16.3. The summed E-state index contributed by atoms with van der Waals surface area (Å²) >= 11 is 0. The van der Waals surface area contributed by atoms with Gasteiger partial charge in [0, 0.05) is 17.8 Å². The molecular weight excluding hydrogens is 300 g/mol. The molecule has 4 aliphatic carbocycles. The third-order valence-corrected chi connectivity index (χ3v) is 8.04. The number of rotatable bonds is 1. The van der Waals surface area contributed by atoms with E-state index in [0.717, 1.165) is 38.5 Å². The number of aliphatic hydroxyl groups is 2. The molecule has 2 N–H and O–H groups in total. The zero-order valence-electron chi connectivity index (χ0n) is 14.5. The molecule has 3 heteroatoms. The Morgan fingerprint density at radius 3 is 2.79 bits per heavy atom. The van der Waals surface area contributed by atoms with Gasteiger partial charge in [-0.1, -0.05) is 18.4 Å². The number of aliphatic hydroxyl groups excluding tert-OH is 1. The molecule has 3 saturated carbocycles. The van der Waals surface area contributed by atoms with Crippen molar-refractivity contribution in [1.82, 2.24) is 0 Å². The van der Waals surface area contributed by atoms with E-state index in [9.17, 15) is 15.0 Å². The Morgan fingerprint density at radius 1 is 1.29 bits per heavy atom. The minimum atomic E-state index is -0.964. The Morgan fingerprint density at radius 2 is 2.08 bits per heavy atom. The van der Waals surface area contributed by atoms with Gasteiger partial charge in [0.2, 0.25) is 0 Å². The zero-order chi connectivity index (χ0) is 17.1. The van der Waals surface area contributed by atoms with Gasteiger partial charge in [-0.2, -0.15) is 0 Å². The average Bonchev–Trinajstić information content (AvgIpc) is 2.88. The van der Waals surface area contributed by atoms with Gasteiger partial charge in [-0.3, -0.25) is 4.79 Å². The van der Waals surface area contributed by atoms with E-state index in [4.69, 9.17) is 6.42 Å². The maximum Gasteiger partial charge on any atom is 0.158 e. The molecule has 0 radical (unpaired) electrons. The SMILES string of the molecule is C#C[C@]1(O)CC[C@H]2[C@@H]3CCC4=CC(=O)C[C@H](O)[C@@H]4[C@H]3CC[C@@]21CC. The van der Waals surface area contributed by atoms with Crippen molar-refractivity contribution in [3.8, 4) is 12.3 Å². The van der Waals surface area contributed by atoms with Crippen LogP contribution in [0.15, 0.2) is 11.6 Å². The summed E-state index contributed by atoms with van der Waals surface area (Å²) in [6.45, 7) is 2.17. The number of hydrogen-bond donors (Lipinski definition) is 2. The second-order valence-corrected chi connectivity index (χ2v) is 8.55. The first-order valence-electron chi connectivity index (χ1n) is 9.57. The summed E-state index contributed by atoms with van der Waals surface area (Å²) in [5.41, 5.74) is 0.0583. The van der Waals surface area contributed by atoms with Gasteiger partial charge in [0.15, 0.2) is 5.78 Å². The molecule has 7 atom stereocenters. The summed E-state index contributed by atoms with van der Waals surface area (Å²) in [5, 5.41) is 21.7. The molecule has 0 aromatic carbocycles. The van der Waals surface area contributed by atoms with Crippen molar-refractivity contribution in [2.45, 2.75) is 70.0 Å². The Balaban J connectivity index is 1.69. The summed E-state index contributed by atoms with van der Waals surface area (Å²) < 4.78 is 0. The third kappa shape index (κ3) is 1.96.